The second-order valence-corrected chi connectivity index (χ2v) is 5.61. The highest BCUT2D eigenvalue weighted by Crippen LogP contribution is 2.19. The van der Waals surface area contributed by atoms with E-state index in [1.807, 2.05) is 48.5 Å². The van der Waals surface area contributed by atoms with Crippen molar-refractivity contribution in [1.82, 2.24) is 5.32 Å². The molecule has 0 heterocycles. The van der Waals surface area contributed by atoms with Gasteiger partial charge in [0.25, 0.3) is 0 Å². The lowest BCUT2D eigenvalue weighted by molar-refractivity contribution is -0.138. The number of carbonyl (C=O) groups excluding carboxylic acids is 2. The third kappa shape index (κ3) is 3.95. The Bertz CT molecular complexity index is 637. The van der Waals surface area contributed by atoms with E-state index >= 15 is 0 Å². The lowest BCUT2D eigenvalue weighted by atomic mass is 9.91. The first-order valence-corrected chi connectivity index (χ1v) is 7.19. The van der Waals surface area contributed by atoms with Crippen LogP contribution in [0.4, 0.5) is 5.69 Å². The lowest BCUT2D eigenvalue weighted by Crippen LogP contribution is -2.44. The minimum absolute atomic E-state index is 0.301. The van der Waals surface area contributed by atoms with Gasteiger partial charge in [0.1, 0.15) is 5.41 Å². The van der Waals surface area contributed by atoms with E-state index in [0.717, 1.165) is 5.56 Å². The van der Waals surface area contributed by atoms with Crippen molar-refractivity contribution in [3.63, 3.8) is 0 Å². The van der Waals surface area contributed by atoms with E-state index < -0.39 is 5.41 Å². The summed E-state index contributed by atoms with van der Waals surface area (Å²) in [6.07, 6.45) is 0. The molecule has 4 heteroatoms. The molecule has 2 aromatic carbocycles. The fourth-order valence-electron chi connectivity index (χ4n) is 1.91. The normalized spacial score (nSPS) is 10.8. The number of carbonyl (C=O) groups is 2. The van der Waals surface area contributed by atoms with Crippen LogP contribution in [-0.4, -0.2) is 11.8 Å². The third-order valence-electron chi connectivity index (χ3n) is 3.46. The van der Waals surface area contributed by atoms with Gasteiger partial charge in [-0.05, 0) is 31.5 Å². The number of hydrogen-bond donors (Lipinski definition) is 2. The van der Waals surface area contributed by atoms with Crippen molar-refractivity contribution in [1.29, 1.82) is 0 Å². The maximum Gasteiger partial charge on any atom is 0.239 e. The van der Waals surface area contributed by atoms with Crippen molar-refractivity contribution in [3.8, 4) is 0 Å². The molecule has 2 aromatic rings. The van der Waals surface area contributed by atoms with E-state index in [4.69, 9.17) is 0 Å². The van der Waals surface area contributed by atoms with Crippen LogP contribution in [0, 0.1) is 5.41 Å². The lowest BCUT2D eigenvalue weighted by Gasteiger charge is -2.22. The number of rotatable bonds is 5. The Kier molecular flexibility index (Phi) is 4.94. The maximum atomic E-state index is 12.3. The van der Waals surface area contributed by atoms with Gasteiger partial charge >= 0.3 is 0 Å². The van der Waals surface area contributed by atoms with E-state index in [1.54, 1.807) is 26.0 Å². The molecular weight excluding hydrogens is 276 g/mol. The van der Waals surface area contributed by atoms with Crippen LogP contribution in [0.3, 0.4) is 0 Å². The zero-order valence-corrected chi connectivity index (χ0v) is 12.8. The third-order valence-corrected chi connectivity index (χ3v) is 3.46. The smallest absolute Gasteiger partial charge is 0.239 e. The molecule has 0 unspecified atom stereocenters. The summed E-state index contributed by atoms with van der Waals surface area (Å²) in [6, 6.07) is 18.7. The average molecular weight is 296 g/mol. The highest BCUT2D eigenvalue weighted by atomic mass is 16.2. The van der Waals surface area contributed by atoms with Crippen molar-refractivity contribution in [2.45, 2.75) is 20.4 Å². The standard InChI is InChI=1S/C18H20N2O2/c1-18(2,17(22)20-15-11-7-4-8-12-15)16(21)19-13-14-9-5-3-6-10-14/h3-12H,13H2,1-2H3,(H,19,21)(H,20,22). The number of hydrogen-bond acceptors (Lipinski definition) is 2. The van der Waals surface area contributed by atoms with Crippen LogP contribution in [0.2, 0.25) is 0 Å². The first-order valence-electron chi connectivity index (χ1n) is 7.19. The molecule has 2 rings (SSSR count). The molecule has 0 aromatic heterocycles. The molecule has 22 heavy (non-hydrogen) atoms. The predicted molar refractivity (Wildman–Crippen MR) is 87.1 cm³/mol. The quantitative estimate of drug-likeness (QED) is 0.833. The molecule has 4 nitrogen and oxygen atoms in total. The van der Waals surface area contributed by atoms with Crippen molar-refractivity contribution in [2.75, 3.05) is 5.32 Å². The molecule has 0 radical (unpaired) electrons. The summed E-state index contributed by atoms with van der Waals surface area (Å²) in [5, 5.41) is 5.57. The molecule has 114 valence electrons. The summed E-state index contributed by atoms with van der Waals surface area (Å²) < 4.78 is 0. The van der Waals surface area contributed by atoms with Gasteiger partial charge in [-0.25, -0.2) is 0 Å². The van der Waals surface area contributed by atoms with Crippen LogP contribution in [-0.2, 0) is 16.1 Å². The molecule has 0 bridgehead atoms. The first kappa shape index (κ1) is 15.8. The number of nitrogens with one attached hydrogen (secondary N) is 2. The summed E-state index contributed by atoms with van der Waals surface area (Å²) in [7, 11) is 0. The molecule has 2 amide bonds. The van der Waals surface area contributed by atoms with Gasteiger partial charge in [0.15, 0.2) is 0 Å². The minimum atomic E-state index is -1.15. The topological polar surface area (TPSA) is 58.2 Å². The second-order valence-electron chi connectivity index (χ2n) is 5.61. The minimum Gasteiger partial charge on any atom is -0.351 e. The summed E-state index contributed by atoms with van der Waals surface area (Å²) in [6.45, 7) is 3.64. The predicted octanol–water partition coefficient (Wildman–Crippen LogP) is 2.97. The fraction of sp³-hybridized carbons (Fsp3) is 0.222. The van der Waals surface area contributed by atoms with Crippen molar-refractivity contribution in [2.24, 2.45) is 5.41 Å². The monoisotopic (exact) mass is 296 g/mol. The Hall–Kier alpha value is -2.62. The van der Waals surface area contributed by atoms with Gasteiger partial charge < -0.3 is 10.6 Å². The zero-order chi connectivity index (χ0) is 16.0. The highest BCUT2D eigenvalue weighted by molar-refractivity contribution is 6.09. The van der Waals surface area contributed by atoms with Crippen LogP contribution >= 0.6 is 0 Å². The van der Waals surface area contributed by atoms with Crippen LogP contribution < -0.4 is 10.6 Å². The van der Waals surface area contributed by atoms with Gasteiger partial charge in [-0.1, -0.05) is 48.5 Å². The van der Waals surface area contributed by atoms with Gasteiger partial charge in [-0.2, -0.15) is 0 Å². The van der Waals surface area contributed by atoms with E-state index in [1.165, 1.54) is 0 Å². The summed E-state index contributed by atoms with van der Waals surface area (Å²) in [4.78, 5) is 24.6. The van der Waals surface area contributed by atoms with Gasteiger partial charge in [-0.3, -0.25) is 9.59 Å². The molecule has 0 atom stereocenters. The molecule has 0 fully saturated rings. The number of anilines is 1. The van der Waals surface area contributed by atoms with Crippen molar-refractivity contribution >= 4 is 17.5 Å². The average Bonchev–Trinajstić information content (AvgIpc) is 2.54. The van der Waals surface area contributed by atoms with Gasteiger partial charge in [-0.15, -0.1) is 0 Å². The van der Waals surface area contributed by atoms with Gasteiger partial charge in [0.05, 0.1) is 0 Å². The largest absolute Gasteiger partial charge is 0.351 e. The number of benzene rings is 2. The van der Waals surface area contributed by atoms with E-state index in [9.17, 15) is 9.59 Å². The van der Waals surface area contributed by atoms with Gasteiger partial charge in [0, 0.05) is 12.2 Å². The van der Waals surface area contributed by atoms with Gasteiger partial charge in [0.2, 0.25) is 11.8 Å². The van der Waals surface area contributed by atoms with E-state index in [2.05, 4.69) is 10.6 Å². The first-order chi connectivity index (χ1) is 10.5. The Morgan fingerprint density at radius 2 is 1.41 bits per heavy atom. The Balaban J connectivity index is 1.96. The van der Waals surface area contributed by atoms with Crippen molar-refractivity contribution in [3.05, 3.63) is 66.2 Å². The molecule has 0 aliphatic heterocycles. The molecule has 0 aliphatic carbocycles. The number of para-hydroxylation sites is 1. The Morgan fingerprint density at radius 1 is 0.864 bits per heavy atom. The van der Waals surface area contributed by atoms with Crippen LogP contribution in [0.15, 0.2) is 60.7 Å². The number of amides is 2. The summed E-state index contributed by atoms with van der Waals surface area (Å²) in [5.74, 6) is -0.631. The van der Waals surface area contributed by atoms with Crippen LogP contribution in [0.1, 0.15) is 19.4 Å². The summed E-state index contributed by atoms with van der Waals surface area (Å²) in [5.41, 5.74) is 0.525. The molecule has 0 aliphatic rings. The van der Waals surface area contributed by atoms with E-state index in [0.29, 0.717) is 12.2 Å². The van der Waals surface area contributed by atoms with Crippen molar-refractivity contribution < 1.29 is 9.59 Å². The molecular formula is C18H20N2O2. The molecule has 0 spiro atoms. The Labute approximate surface area is 130 Å². The summed E-state index contributed by atoms with van der Waals surface area (Å²) >= 11 is 0. The molecule has 2 N–H and O–H groups in total. The second kappa shape index (κ2) is 6.89. The Morgan fingerprint density at radius 3 is 2.00 bits per heavy atom. The zero-order valence-electron chi connectivity index (χ0n) is 12.8. The van der Waals surface area contributed by atoms with Crippen LogP contribution in [0.25, 0.3) is 0 Å². The SMILES string of the molecule is CC(C)(C(=O)NCc1ccccc1)C(=O)Nc1ccccc1. The molecule has 0 saturated carbocycles. The highest BCUT2D eigenvalue weighted by Gasteiger charge is 2.35. The molecule has 0 saturated heterocycles. The fourth-order valence-corrected chi connectivity index (χ4v) is 1.91. The van der Waals surface area contributed by atoms with E-state index in [-0.39, 0.29) is 11.8 Å². The van der Waals surface area contributed by atoms with Crippen LogP contribution in [0.5, 0.6) is 0 Å². The maximum absolute atomic E-state index is 12.3.